The average molecular weight is 198 g/mol. The number of esters is 1. The maximum atomic E-state index is 11.4. The molecule has 0 aromatic heterocycles. The number of hydrogen-bond donors (Lipinski definition) is 0. The minimum atomic E-state index is -0.0168. The molecule has 0 aromatic rings. The minimum absolute atomic E-state index is 0.0168. The molecule has 0 bridgehead atoms. The van der Waals surface area contributed by atoms with Crippen molar-refractivity contribution in [3.05, 3.63) is 0 Å². The zero-order chi connectivity index (χ0) is 10.4. The Hall–Kier alpha value is -0.530. The van der Waals surface area contributed by atoms with Gasteiger partial charge in [0.05, 0.1) is 13.0 Å². The van der Waals surface area contributed by atoms with Crippen molar-refractivity contribution in [2.24, 2.45) is 5.41 Å². The van der Waals surface area contributed by atoms with Gasteiger partial charge < -0.3 is 4.74 Å². The van der Waals surface area contributed by atoms with Gasteiger partial charge in [0, 0.05) is 0 Å². The Morgan fingerprint density at radius 1 is 1.21 bits per heavy atom. The molecule has 14 heavy (non-hydrogen) atoms. The van der Waals surface area contributed by atoms with Crippen LogP contribution in [0.2, 0.25) is 0 Å². The summed E-state index contributed by atoms with van der Waals surface area (Å²) in [5, 5.41) is 0. The van der Waals surface area contributed by atoms with Gasteiger partial charge in [-0.2, -0.15) is 0 Å². The Bertz CT molecular complexity index is 179. The highest BCUT2D eigenvalue weighted by Crippen LogP contribution is 2.37. The second-order valence-corrected chi connectivity index (χ2v) is 4.71. The molecule has 0 heterocycles. The van der Waals surface area contributed by atoms with E-state index in [9.17, 15) is 4.79 Å². The maximum Gasteiger partial charge on any atom is 0.306 e. The lowest BCUT2D eigenvalue weighted by molar-refractivity contribution is -0.145. The van der Waals surface area contributed by atoms with Crippen LogP contribution in [0.1, 0.15) is 58.8 Å². The molecule has 0 unspecified atom stereocenters. The van der Waals surface area contributed by atoms with Crippen molar-refractivity contribution in [2.45, 2.75) is 58.8 Å². The van der Waals surface area contributed by atoms with E-state index in [-0.39, 0.29) is 11.4 Å². The zero-order valence-corrected chi connectivity index (χ0v) is 9.47. The maximum absolute atomic E-state index is 11.4. The first-order valence-corrected chi connectivity index (χ1v) is 5.82. The summed E-state index contributed by atoms with van der Waals surface area (Å²) in [7, 11) is 0. The number of hydrogen-bond acceptors (Lipinski definition) is 2. The summed E-state index contributed by atoms with van der Waals surface area (Å²) in [4.78, 5) is 11.4. The molecule has 1 saturated carbocycles. The summed E-state index contributed by atoms with van der Waals surface area (Å²) >= 11 is 0. The van der Waals surface area contributed by atoms with Crippen LogP contribution in [0.4, 0.5) is 0 Å². The second-order valence-electron chi connectivity index (χ2n) is 4.71. The summed E-state index contributed by atoms with van der Waals surface area (Å²) in [6, 6.07) is 0. The first kappa shape index (κ1) is 11.5. The number of rotatable bonds is 3. The number of carbonyl (C=O) groups is 1. The monoisotopic (exact) mass is 198 g/mol. The lowest BCUT2D eigenvalue weighted by Crippen LogP contribution is -2.21. The van der Waals surface area contributed by atoms with Crippen LogP contribution in [0.5, 0.6) is 0 Å². The quantitative estimate of drug-likeness (QED) is 0.513. The molecule has 1 fully saturated rings. The fourth-order valence-electron chi connectivity index (χ4n) is 2.32. The molecule has 0 aliphatic heterocycles. The molecular weight excluding hydrogens is 176 g/mol. The third-order valence-corrected chi connectivity index (χ3v) is 3.19. The van der Waals surface area contributed by atoms with Gasteiger partial charge in [-0.3, -0.25) is 4.79 Å². The molecule has 0 saturated heterocycles. The highest BCUT2D eigenvalue weighted by atomic mass is 16.5. The summed E-state index contributed by atoms with van der Waals surface area (Å²) in [6.07, 6.45) is 8.20. The normalized spacial score (nSPS) is 21.3. The van der Waals surface area contributed by atoms with Crippen LogP contribution >= 0.6 is 0 Å². The van der Waals surface area contributed by atoms with E-state index in [1.807, 2.05) is 6.92 Å². The SMILES string of the molecule is CCOC(=O)CC1(C)CCCCCC1. The van der Waals surface area contributed by atoms with Crippen molar-refractivity contribution in [3.8, 4) is 0 Å². The smallest absolute Gasteiger partial charge is 0.306 e. The van der Waals surface area contributed by atoms with E-state index >= 15 is 0 Å². The van der Waals surface area contributed by atoms with Gasteiger partial charge in [0.1, 0.15) is 0 Å². The van der Waals surface area contributed by atoms with E-state index in [0.29, 0.717) is 13.0 Å². The molecule has 0 amide bonds. The van der Waals surface area contributed by atoms with Crippen molar-refractivity contribution in [3.63, 3.8) is 0 Å². The van der Waals surface area contributed by atoms with Crippen molar-refractivity contribution >= 4 is 5.97 Å². The van der Waals surface area contributed by atoms with Crippen LogP contribution in [0.3, 0.4) is 0 Å². The largest absolute Gasteiger partial charge is 0.466 e. The van der Waals surface area contributed by atoms with Gasteiger partial charge in [0.2, 0.25) is 0 Å². The topological polar surface area (TPSA) is 26.3 Å². The minimum Gasteiger partial charge on any atom is -0.466 e. The van der Waals surface area contributed by atoms with Crippen molar-refractivity contribution < 1.29 is 9.53 Å². The molecule has 0 spiro atoms. The highest BCUT2D eigenvalue weighted by Gasteiger charge is 2.28. The van der Waals surface area contributed by atoms with Gasteiger partial charge in [-0.25, -0.2) is 0 Å². The zero-order valence-electron chi connectivity index (χ0n) is 9.47. The first-order chi connectivity index (χ1) is 6.66. The molecule has 0 aromatic carbocycles. The Kier molecular flexibility index (Phi) is 4.43. The van der Waals surface area contributed by atoms with Gasteiger partial charge in [-0.05, 0) is 25.2 Å². The van der Waals surface area contributed by atoms with E-state index in [1.54, 1.807) is 0 Å². The lowest BCUT2D eigenvalue weighted by Gasteiger charge is -2.26. The van der Waals surface area contributed by atoms with Gasteiger partial charge in [-0.15, -0.1) is 0 Å². The number of ether oxygens (including phenoxy) is 1. The lowest BCUT2D eigenvalue weighted by atomic mass is 9.79. The molecule has 1 aliphatic rings. The van der Waals surface area contributed by atoms with E-state index < -0.39 is 0 Å². The Morgan fingerprint density at radius 2 is 1.79 bits per heavy atom. The third kappa shape index (κ3) is 3.69. The molecule has 0 atom stereocenters. The average Bonchev–Trinajstić information content (AvgIpc) is 2.30. The molecule has 1 rings (SSSR count). The van der Waals surface area contributed by atoms with Gasteiger partial charge in [0.15, 0.2) is 0 Å². The fourth-order valence-corrected chi connectivity index (χ4v) is 2.32. The van der Waals surface area contributed by atoms with Crippen LogP contribution in [-0.4, -0.2) is 12.6 Å². The summed E-state index contributed by atoms with van der Waals surface area (Å²) in [5.41, 5.74) is 0.211. The van der Waals surface area contributed by atoms with E-state index in [0.717, 1.165) is 0 Å². The highest BCUT2D eigenvalue weighted by molar-refractivity contribution is 5.70. The summed E-state index contributed by atoms with van der Waals surface area (Å²) in [6.45, 7) is 4.61. The van der Waals surface area contributed by atoms with E-state index in [4.69, 9.17) is 4.74 Å². The van der Waals surface area contributed by atoms with Gasteiger partial charge >= 0.3 is 5.97 Å². The van der Waals surface area contributed by atoms with Crippen molar-refractivity contribution in [1.29, 1.82) is 0 Å². The summed E-state index contributed by atoms with van der Waals surface area (Å²) in [5.74, 6) is -0.0168. The predicted molar refractivity (Wildman–Crippen MR) is 57.1 cm³/mol. The molecule has 0 N–H and O–H groups in total. The Morgan fingerprint density at radius 3 is 2.29 bits per heavy atom. The van der Waals surface area contributed by atoms with Gasteiger partial charge in [0.25, 0.3) is 0 Å². The molecule has 0 radical (unpaired) electrons. The predicted octanol–water partition coefficient (Wildman–Crippen LogP) is 3.30. The molecule has 2 heteroatoms. The Labute approximate surface area is 87.0 Å². The fraction of sp³-hybridized carbons (Fsp3) is 0.917. The van der Waals surface area contributed by atoms with Crippen LogP contribution in [0.15, 0.2) is 0 Å². The molecule has 1 aliphatic carbocycles. The van der Waals surface area contributed by atoms with Crippen molar-refractivity contribution in [1.82, 2.24) is 0 Å². The van der Waals surface area contributed by atoms with Crippen LogP contribution in [0, 0.1) is 5.41 Å². The first-order valence-electron chi connectivity index (χ1n) is 5.82. The van der Waals surface area contributed by atoms with Crippen LogP contribution in [0.25, 0.3) is 0 Å². The van der Waals surface area contributed by atoms with E-state index in [1.165, 1.54) is 38.5 Å². The van der Waals surface area contributed by atoms with Crippen LogP contribution in [-0.2, 0) is 9.53 Å². The molecular formula is C12H22O2. The third-order valence-electron chi connectivity index (χ3n) is 3.19. The van der Waals surface area contributed by atoms with Gasteiger partial charge in [-0.1, -0.05) is 32.6 Å². The summed E-state index contributed by atoms with van der Waals surface area (Å²) < 4.78 is 5.01. The van der Waals surface area contributed by atoms with Crippen molar-refractivity contribution in [2.75, 3.05) is 6.61 Å². The number of carbonyl (C=O) groups excluding carboxylic acids is 1. The van der Waals surface area contributed by atoms with Crippen LogP contribution < -0.4 is 0 Å². The molecule has 2 nitrogen and oxygen atoms in total. The Balaban J connectivity index is 2.41. The molecule has 82 valence electrons. The second kappa shape index (κ2) is 5.38. The standard InChI is InChI=1S/C12H22O2/c1-3-14-11(13)10-12(2)8-6-4-5-7-9-12/h3-10H2,1-2H3. The van der Waals surface area contributed by atoms with E-state index in [2.05, 4.69) is 6.92 Å².